The molecule has 7 aliphatic heterocycles. The Morgan fingerprint density at radius 1 is 1.27 bits per heavy atom. The van der Waals surface area contributed by atoms with E-state index in [-0.39, 0.29) is 11.0 Å². The van der Waals surface area contributed by atoms with Crippen molar-refractivity contribution in [2.75, 3.05) is 30.5 Å². The molecule has 8 aliphatic rings. The molecule has 0 radical (unpaired) electrons. The fourth-order valence-electron chi connectivity index (χ4n) is 5.76. The summed E-state index contributed by atoms with van der Waals surface area (Å²) in [4.78, 5) is 16.4. The van der Waals surface area contributed by atoms with Gasteiger partial charge in [-0.15, -0.1) is 0 Å². The van der Waals surface area contributed by atoms with Gasteiger partial charge in [-0.2, -0.15) is 4.98 Å². The topological polar surface area (TPSA) is 77.3 Å². The van der Waals surface area contributed by atoms with Gasteiger partial charge in [-0.25, -0.2) is 9.97 Å². The fourth-order valence-corrected chi connectivity index (χ4v) is 5.76. The van der Waals surface area contributed by atoms with Crippen molar-refractivity contribution in [2.45, 2.75) is 31.2 Å². The van der Waals surface area contributed by atoms with Crippen LogP contribution in [0.3, 0.4) is 0 Å². The average Bonchev–Trinajstić information content (AvgIpc) is 3.19. The standard InChI is InChI=1S/C22H22N6O2/c1-21-11-30-18-8-23-20-25-14-3-4-16(17(5-14)29-2)27-9-15(24-12-27)13-6-22(21,7-13)10-28(21)19(18)26-20/h3-5,8-9,12-13H,6-7,10-11H2,1-2H3,(H,23,25,26)/t13?,21-,22?/m1/s1. The number of nitrogens with zero attached hydrogens (tertiary/aromatic N) is 5. The second-order valence-corrected chi connectivity index (χ2v) is 9.13. The number of ether oxygens (including phenoxy) is 2. The second-order valence-electron chi connectivity index (χ2n) is 9.13. The van der Waals surface area contributed by atoms with E-state index in [2.05, 4.69) is 32.9 Å². The van der Waals surface area contributed by atoms with Crippen molar-refractivity contribution in [3.63, 3.8) is 0 Å². The third-order valence-corrected chi connectivity index (χ3v) is 7.71. The molecule has 2 fully saturated rings. The van der Waals surface area contributed by atoms with Crippen molar-refractivity contribution in [1.29, 1.82) is 0 Å². The normalized spacial score (nSPS) is 29.5. The van der Waals surface area contributed by atoms with Crippen molar-refractivity contribution >= 4 is 17.5 Å². The van der Waals surface area contributed by atoms with Crippen LogP contribution in [0.5, 0.6) is 11.5 Å². The molecule has 9 heterocycles. The molecule has 8 nitrogen and oxygen atoms in total. The molecule has 1 saturated carbocycles. The molecule has 0 amide bonds. The molecule has 8 heteroatoms. The molecular weight excluding hydrogens is 380 g/mol. The summed E-state index contributed by atoms with van der Waals surface area (Å²) in [5, 5.41) is 3.32. The SMILES string of the molecule is COc1cc2ccc1-n1cnc(c1)C1CC3(C1)CN1c4nc(ncc4OC[C@@]13C)N2. The summed E-state index contributed by atoms with van der Waals surface area (Å²) in [7, 11) is 1.68. The number of benzene rings is 1. The molecule has 0 unspecified atom stereocenters. The summed E-state index contributed by atoms with van der Waals surface area (Å²) in [5.41, 5.74) is 3.21. The summed E-state index contributed by atoms with van der Waals surface area (Å²) in [6, 6.07) is 5.99. The van der Waals surface area contributed by atoms with E-state index >= 15 is 0 Å². The van der Waals surface area contributed by atoms with Gasteiger partial charge in [0.25, 0.3) is 0 Å². The summed E-state index contributed by atoms with van der Waals surface area (Å²) >= 11 is 0. The third-order valence-electron chi connectivity index (χ3n) is 7.71. The zero-order chi connectivity index (χ0) is 20.1. The van der Waals surface area contributed by atoms with Crippen LogP contribution in [0.1, 0.15) is 31.4 Å². The van der Waals surface area contributed by atoms with E-state index in [9.17, 15) is 0 Å². The summed E-state index contributed by atoms with van der Waals surface area (Å²) < 4.78 is 13.8. The molecule has 1 aliphatic carbocycles. The zero-order valence-corrected chi connectivity index (χ0v) is 16.9. The van der Waals surface area contributed by atoms with Crippen LogP contribution in [-0.4, -0.2) is 45.3 Å². The fraction of sp³-hybridized carbons (Fsp3) is 0.409. The van der Waals surface area contributed by atoms with Gasteiger partial charge in [0, 0.05) is 35.8 Å². The Bertz CT molecular complexity index is 1200. The van der Waals surface area contributed by atoms with E-state index in [0.717, 1.165) is 53.8 Å². The lowest BCUT2D eigenvalue weighted by Crippen LogP contribution is -2.80. The number of hydrogen-bond acceptors (Lipinski definition) is 7. The first-order valence-corrected chi connectivity index (χ1v) is 10.4. The van der Waals surface area contributed by atoms with Crippen molar-refractivity contribution in [3.8, 4) is 17.2 Å². The van der Waals surface area contributed by atoms with Crippen LogP contribution in [0.4, 0.5) is 17.5 Å². The smallest absolute Gasteiger partial charge is 0.229 e. The Kier molecular flexibility index (Phi) is 2.88. The van der Waals surface area contributed by atoms with Gasteiger partial charge in [0.1, 0.15) is 12.4 Å². The first-order chi connectivity index (χ1) is 14.6. The Hall–Kier alpha value is -3.29. The van der Waals surface area contributed by atoms with E-state index in [1.807, 2.05) is 24.5 Å². The quantitative estimate of drug-likeness (QED) is 0.669. The van der Waals surface area contributed by atoms with Gasteiger partial charge in [-0.1, -0.05) is 0 Å². The minimum Gasteiger partial charge on any atom is -0.494 e. The van der Waals surface area contributed by atoms with Gasteiger partial charge in [-0.05, 0) is 31.9 Å². The van der Waals surface area contributed by atoms with E-state index in [1.165, 1.54) is 0 Å². The molecule has 1 aromatic carbocycles. The van der Waals surface area contributed by atoms with Crippen molar-refractivity contribution < 1.29 is 9.47 Å². The van der Waals surface area contributed by atoms with E-state index in [1.54, 1.807) is 13.3 Å². The Morgan fingerprint density at radius 3 is 3.03 bits per heavy atom. The first-order valence-electron chi connectivity index (χ1n) is 10.4. The van der Waals surface area contributed by atoms with E-state index in [0.29, 0.717) is 18.5 Å². The highest BCUT2D eigenvalue weighted by molar-refractivity contribution is 5.66. The molecule has 3 aromatic rings. The average molecular weight is 402 g/mol. The number of aromatic nitrogens is 4. The maximum absolute atomic E-state index is 6.13. The highest BCUT2D eigenvalue weighted by atomic mass is 16.5. The van der Waals surface area contributed by atoms with Gasteiger partial charge in [0.15, 0.2) is 11.6 Å². The van der Waals surface area contributed by atoms with Gasteiger partial charge in [0.2, 0.25) is 5.95 Å². The molecule has 2 aromatic heterocycles. The summed E-state index contributed by atoms with van der Waals surface area (Å²) in [6.45, 7) is 4.00. The highest BCUT2D eigenvalue weighted by Gasteiger charge is 2.69. The second kappa shape index (κ2) is 5.24. The largest absolute Gasteiger partial charge is 0.494 e. The molecule has 1 atom stereocenters. The number of rotatable bonds is 1. The minimum atomic E-state index is -0.0360. The lowest BCUT2D eigenvalue weighted by molar-refractivity contribution is -0.0826. The molecule has 10 bridgehead atoms. The van der Waals surface area contributed by atoms with Crippen LogP contribution < -0.4 is 19.7 Å². The first kappa shape index (κ1) is 16.5. The Morgan fingerprint density at radius 2 is 2.17 bits per heavy atom. The minimum absolute atomic E-state index is 0.0360. The van der Waals surface area contributed by atoms with Crippen LogP contribution in [0.15, 0.2) is 36.9 Å². The van der Waals surface area contributed by atoms with Crippen LogP contribution >= 0.6 is 0 Å². The molecule has 11 rings (SSSR count). The number of imidazole rings is 1. The van der Waals surface area contributed by atoms with Gasteiger partial charge < -0.3 is 24.3 Å². The molecule has 1 saturated heterocycles. The maximum atomic E-state index is 6.13. The van der Waals surface area contributed by atoms with Gasteiger partial charge in [0.05, 0.1) is 36.6 Å². The van der Waals surface area contributed by atoms with Crippen LogP contribution in [0, 0.1) is 5.41 Å². The van der Waals surface area contributed by atoms with Crippen molar-refractivity contribution in [3.05, 3.63) is 42.6 Å². The van der Waals surface area contributed by atoms with E-state index in [4.69, 9.17) is 19.4 Å². The number of hydrogen-bond donors (Lipinski definition) is 1. The van der Waals surface area contributed by atoms with Gasteiger partial charge >= 0.3 is 0 Å². The molecule has 152 valence electrons. The summed E-state index contributed by atoms with van der Waals surface area (Å²) in [5.74, 6) is 3.45. The van der Waals surface area contributed by atoms with Crippen LogP contribution in [0.2, 0.25) is 0 Å². The molecular formula is C22H22N6O2. The Balaban J connectivity index is 1.40. The number of anilines is 3. The molecule has 1 spiro atoms. The molecule has 1 N–H and O–H groups in total. The molecule has 30 heavy (non-hydrogen) atoms. The predicted molar refractivity (Wildman–Crippen MR) is 111 cm³/mol. The summed E-state index contributed by atoms with van der Waals surface area (Å²) in [6.07, 6.45) is 8.07. The lowest BCUT2D eigenvalue weighted by atomic mass is 9.47. The highest BCUT2D eigenvalue weighted by Crippen LogP contribution is 2.66. The monoisotopic (exact) mass is 402 g/mol. The Labute approximate surface area is 173 Å². The van der Waals surface area contributed by atoms with Crippen LogP contribution in [-0.2, 0) is 0 Å². The zero-order valence-electron chi connectivity index (χ0n) is 16.9. The third kappa shape index (κ3) is 1.89. The number of nitrogens with one attached hydrogen (secondary N) is 1. The van der Waals surface area contributed by atoms with Crippen molar-refractivity contribution in [2.24, 2.45) is 5.41 Å². The van der Waals surface area contributed by atoms with E-state index < -0.39 is 0 Å². The van der Waals surface area contributed by atoms with Gasteiger partial charge in [-0.3, -0.25) is 0 Å². The lowest BCUT2D eigenvalue weighted by Gasteiger charge is -2.72. The predicted octanol–water partition coefficient (Wildman–Crippen LogP) is 3.26. The van der Waals surface area contributed by atoms with Crippen molar-refractivity contribution in [1.82, 2.24) is 19.5 Å². The number of methoxy groups -OCH3 is 1. The maximum Gasteiger partial charge on any atom is 0.229 e. The van der Waals surface area contributed by atoms with Crippen LogP contribution in [0.25, 0.3) is 5.69 Å².